The van der Waals surface area contributed by atoms with Crippen LogP contribution >= 0.6 is 0 Å². The van der Waals surface area contributed by atoms with Crippen molar-refractivity contribution in [1.82, 2.24) is 9.97 Å². The number of aromatic hydroxyl groups is 1. The number of benzene rings is 1. The summed E-state index contributed by atoms with van der Waals surface area (Å²) in [5.41, 5.74) is 1.31. The first-order valence-corrected chi connectivity index (χ1v) is 7.23. The molecule has 0 amide bonds. The van der Waals surface area contributed by atoms with Crippen LogP contribution in [0, 0.1) is 0 Å². The van der Waals surface area contributed by atoms with Crippen LogP contribution < -0.4 is 0 Å². The zero-order valence-corrected chi connectivity index (χ0v) is 13.0. The summed E-state index contributed by atoms with van der Waals surface area (Å²) >= 11 is 0. The van der Waals surface area contributed by atoms with Gasteiger partial charge in [0, 0.05) is 11.5 Å². The van der Waals surface area contributed by atoms with Crippen LogP contribution in [0.2, 0.25) is 0 Å². The van der Waals surface area contributed by atoms with Crippen LogP contribution in [-0.2, 0) is 10.2 Å². The molecule has 0 saturated carbocycles. The molecule has 21 heavy (non-hydrogen) atoms. The van der Waals surface area contributed by atoms with E-state index in [0.717, 1.165) is 18.7 Å². The summed E-state index contributed by atoms with van der Waals surface area (Å²) in [4.78, 5) is 19.8. The summed E-state index contributed by atoms with van der Waals surface area (Å²) in [6, 6.07) is 2.98. The molecule has 0 bridgehead atoms. The van der Waals surface area contributed by atoms with Gasteiger partial charge >= 0.3 is 5.97 Å². The number of phenolic OH excluding ortho intramolecular Hbond substituents is 1. The van der Waals surface area contributed by atoms with Crippen molar-refractivity contribution < 1.29 is 14.6 Å². The number of hydrogen-bond donors (Lipinski definition) is 2. The lowest BCUT2D eigenvalue weighted by atomic mass is 9.96. The molecule has 0 saturated heterocycles. The van der Waals surface area contributed by atoms with E-state index in [9.17, 15) is 9.90 Å². The Kier molecular flexibility index (Phi) is 4.21. The number of nitrogens with one attached hydrogen (secondary N) is 1. The van der Waals surface area contributed by atoms with Crippen LogP contribution in [0.3, 0.4) is 0 Å². The number of esters is 1. The standard InChI is InChI=1S/C16H22N2O3/c1-5-6-7-21-14(20)11-8-10(19)9-12-13(11)18-15(17-12)16(2,3)4/h8-9,19H,5-7H2,1-4H3,(H,17,18). The summed E-state index contributed by atoms with van der Waals surface area (Å²) in [5, 5.41) is 9.79. The molecule has 2 rings (SSSR count). The molecule has 0 aliphatic rings. The molecule has 2 aromatic rings. The highest BCUT2D eigenvalue weighted by Crippen LogP contribution is 2.28. The molecule has 1 aromatic carbocycles. The van der Waals surface area contributed by atoms with E-state index < -0.39 is 5.97 Å². The van der Waals surface area contributed by atoms with E-state index in [1.807, 2.05) is 27.7 Å². The van der Waals surface area contributed by atoms with E-state index in [1.54, 1.807) is 6.07 Å². The average molecular weight is 290 g/mol. The van der Waals surface area contributed by atoms with Gasteiger partial charge in [-0.2, -0.15) is 0 Å². The fourth-order valence-electron chi connectivity index (χ4n) is 2.00. The zero-order chi connectivity index (χ0) is 15.6. The van der Waals surface area contributed by atoms with Gasteiger partial charge in [-0.15, -0.1) is 0 Å². The molecule has 0 fully saturated rings. The predicted molar refractivity (Wildman–Crippen MR) is 81.6 cm³/mol. The maximum Gasteiger partial charge on any atom is 0.340 e. The third-order valence-corrected chi connectivity index (χ3v) is 3.23. The highest BCUT2D eigenvalue weighted by atomic mass is 16.5. The largest absolute Gasteiger partial charge is 0.508 e. The number of imidazole rings is 1. The maximum atomic E-state index is 12.2. The Bertz CT molecular complexity index is 653. The van der Waals surface area contributed by atoms with Crippen LogP contribution in [0.5, 0.6) is 5.75 Å². The van der Waals surface area contributed by atoms with Crippen LogP contribution in [0.15, 0.2) is 12.1 Å². The number of ether oxygens (including phenoxy) is 1. The van der Waals surface area contributed by atoms with Crippen molar-refractivity contribution in [2.75, 3.05) is 6.61 Å². The molecule has 0 unspecified atom stereocenters. The third-order valence-electron chi connectivity index (χ3n) is 3.23. The van der Waals surface area contributed by atoms with Crippen molar-refractivity contribution in [3.05, 3.63) is 23.5 Å². The van der Waals surface area contributed by atoms with Gasteiger partial charge in [0.05, 0.1) is 17.7 Å². The number of unbranched alkanes of at least 4 members (excludes halogenated alkanes) is 1. The molecule has 0 spiro atoms. The molecule has 0 aliphatic carbocycles. The summed E-state index contributed by atoms with van der Waals surface area (Å²) < 4.78 is 5.22. The highest BCUT2D eigenvalue weighted by Gasteiger charge is 2.22. The van der Waals surface area contributed by atoms with Crippen LogP contribution in [0.1, 0.15) is 56.7 Å². The summed E-state index contributed by atoms with van der Waals surface area (Å²) in [6.07, 6.45) is 1.78. The van der Waals surface area contributed by atoms with Crippen molar-refractivity contribution in [2.24, 2.45) is 0 Å². The number of hydrogen-bond acceptors (Lipinski definition) is 4. The van der Waals surface area contributed by atoms with Crippen molar-refractivity contribution in [3.8, 4) is 5.75 Å². The van der Waals surface area contributed by atoms with Gasteiger partial charge in [0.2, 0.25) is 0 Å². The normalized spacial score (nSPS) is 11.8. The molecule has 2 N–H and O–H groups in total. The first-order valence-electron chi connectivity index (χ1n) is 7.23. The fourth-order valence-corrected chi connectivity index (χ4v) is 2.00. The lowest BCUT2D eigenvalue weighted by Crippen LogP contribution is -2.13. The first kappa shape index (κ1) is 15.4. The Morgan fingerprint density at radius 3 is 2.71 bits per heavy atom. The summed E-state index contributed by atoms with van der Waals surface area (Å²) in [6.45, 7) is 8.50. The van der Waals surface area contributed by atoms with Crippen LogP contribution in [0.25, 0.3) is 11.0 Å². The van der Waals surface area contributed by atoms with E-state index in [4.69, 9.17) is 4.74 Å². The van der Waals surface area contributed by atoms with Crippen molar-refractivity contribution in [2.45, 2.75) is 46.0 Å². The average Bonchev–Trinajstić information content (AvgIpc) is 2.81. The molecule has 114 valence electrons. The number of nitrogens with zero attached hydrogens (tertiary/aromatic N) is 1. The van der Waals surface area contributed by atoms with E-state index in [-0.39, 0.29) is 11.2 Å². The number of carbonyl (C=O) groups excluding carboxylic acids is 1. The van der Waals surface area contributed by atoms with Gasteiger partial charge in [0.15, 0.2) is 0 Å². The first-order chi connectivity index (χ1) is 9.82. The monoisotopic (exact) mass is 290 g/mol. The second-order valence-electron chi connectivity index (χ2n) is 6.21. The number of H-pyrrole nitrogens is 1. The number of aromatic amines is 1. The minimum Gasteiger partial charge on any atom is -0.508 e. The van der Waals surface area contributed by atoms with Crippen molar-refractivity contribution in [3.63, 3.8) is 0 Å². The topological polar surface area (TPSA) is 75.2 Å². The number of aromatic nitrogens is 2. The quantitative estimate of drug-likeness (QED) is 0.667. The second kappa shape index (κ2) is 5.76. The Morgan fingerprint density at radius 1 is 1.38 bits per heavy atom. The lowest BCUT2D eigenvalue weighted by molar-refractivity contribution is 0.0501. The molecular formula is C16H22N2O3. The predicted octanol–water partition coefficient (Wildman–Crippen LogP) is 3.52. The van der Waals surface area contributed by atoms with Gasteiger partial charge < -0.3 is 14.8 Å². The molecule has 0 radical (unpaired) electrons. The zero-order valence-electron chi connectivity index (χ0n) is 13.0. The van der Waals surface area contributed by atoms with E-state index in [1.165, 1.54) is 6.07 Å². The minimum absolute atomic E-state index is 0.0223. The molecule has 5 heteroatoms. The molecule has 1 aromatic heterocycles. The smallest absolute Gasteiger partial charge is 0.340 e. The van der Waals surface area contributed by atoms with E-state index in [0.29, 0.717) is 23.2 Å². The lowest BCUT2D eigenvalue weighted by Gasteiger charge is -2.13. The minimum atomic E-state index is -0.448. The van der Waals surface area contributed by atoms with Gasteiger partial charge in [-0.25, -0.2) is 9.78 Å². The third kappa shape index (κ3) is 3.35. The highest BCUT2D eigenvalue weighted by molar-refractivity contribution is 6.02. The summed E-state index contributed by atoms with van der Waals surface area (Å²) in [7, 11) is 0. The van der Waals surface area contributed by atoms with Crippen molar-refractivity contribution in [1.29, 1.82) is 0 Å². The Hall–Kier alpha value is -2.04. The van der Waals surface area contributed by atoms with Gasteiger partial charge in [0.1, 0.15) is 17.1 Å². The number of fused-ring (bicyclic) bond motifs is 1. The van der Waals surface area contributed by atoms with E-state index >= 15 is 0 Å². The van der Waals surface area contributed by atoms with Gasteiger partial charge in [0.25, 0.3) is 0 Å². The molecule has 1 heterocycles. The maximum absolute atomic E-state index is 12.2. The number of carbonyl (C=O) groups is 1. The molecular weight excluding hydrogens is 268 g/mol. The number of phenols is 1. The Balaban J connectivity index is 2.42. The molecule has 0 atom stereocenters. The molecule has 0 aliphatic heterocycles. The summed E-state index contributed by atoms with van der Waals surface area (Å²) in [5.74, 6) is 0.344. The fraction of sp³-hybridized carbons (Fsp3) is 0.500. The molecule has 5 nitrogen and oxygen atoms in total. The van der Waals surface area contributed by atoms with Gasteiger partial charge in [-0.05, 0) is 12.5 Å². The Morgan fingerprint density at radius 2 is 2.10 bits per heavy atom. The van der Waals surface area contributed by atoms with Gasteiger partial charge in [-0.1, -0.05) is 34.1 Å². The van der Waals surface area contributed by atoms with Crippen LogP contribution in [-0.4, -0.2) is 27.7 Å². The Labute approximate surface area is 124 Å². The number of rotatable bonds is 4. The van der Waals surface area contributed by atoms with E-state index in [2.05, 4.69) is 9.97 Å². The van der Waals surface area contributed by atoms with Crippen LogP contribution in [0.4, 0.5) is 0 Å². The van der Waals surface area contributed by atoms with Crippen molar-refractivity contribution >= 4 is 17.0 Å². The SMILES string of the molecule is CCCCOC(=O)c1cc(O)cc2[nH]c(C(C)(C)C)nc12. The second-order valence-corrected chi connectivity index (χ2v) is 6.21. The van der Waals surface area contributed by atoms with Gasteiger partial charge in [-0.3, -0.25) is 0 Å².